The molecule has 0 saturated carbocycles. The van der Waals surface area contributed by atoms with Gasteiger partial charge in [-0.3, -0.25) is 9.59 Å². The highest BCUT2D eigenvalue weighted by molar-refractivity contribution is 7.10. The molecule has 0 aliphatic carbocycles. The lowest BCUT2D eigenvalue weighted by molar-refractivity contribution is -0.133. The molecule has 2 aliphatic rings. The molecule has 4 heterocycles. The van der Waals surface area contributed by atoms with Gasteiger partial charge in [0.15, 0.2) is 0 Å². The van der Waals surface area contributed by atoms with Gasteiger partial charge >= 0.3 is 0 Å². The number of rotatable bonds is 5. The molecule has 0 unspecified atom stereocenters. The number of anilines is 1. The molecule has 1 N–H and O–H groups in total. The van der Waals surface area contributed by atoms with Crippen molar-refractivity contribution in [3.8, 4) is 11.4 Å². The van der Waals surface area contributed by atoms with Crippen molar-refractivity contribution in [1.82, 2.24) is 14.5 Å². The minimum absolute atomic E-state index is 0.0476. The van der Waals surface area contributed by atoms with Gasteiger partial charge in [0.05, 0.1) is 0 Å². The number of benzene rings is 1. The summed E-state index contributed by atoms with van der Waals surface area (Å²) in [6, 6.07) is 9.90. The van der Waals surface area contributed by atoms with Crippen LogP contribution in [0.25, 0.3) is 11.4 Å². The molecule has 6 nitrogen and oxygen atoms in total. The highest BCUT2D eigenvalue weighted by Gasteiger charge is 2.22. The molecule has 0 spiro atoms. The van der Waals surface area contributed by atoms with E-state index in [0.717, 1.165) is 43.0 Å². The van der Waals surface area contributed by atoms with E-state index in [-0.39, 0.29) is 24.7 Å². The topological polar surface area (TPSA) is 67.2 Å². The predicted molar refractivity (Wildman–Crippen MR) is 122 cm³/mol. The summed E-state index contributed by atoms with van der Waals surface area (Å²) < 4.78 is 2.29. The molecule has 0 saturated heterocycles. The third kappa shape index (κ3) is 4.28. The van der Waals surface area contributed by atoms with Gasteiger partial charge in [-0.25, -0.2) is 4.98 Å². The second kappa shape index (κ2) is 8.67. The van der Waals surface area contributed by atoms with E-state index < -0.39 is 0 Å². The van der Waals surface area contributed by atoms with Gasteiger partial charge in [0, 0.05) is 60.5 Å². The summed E-state index contributed by atoms with van der Waals surface area (Å²) in [6.07, 6.45) is 6.83. The van der Waals surface area contributed by atoms with Crippen LogP contribution in [0.1, 0.15) is 41.8 Å². The van der Waals surface area contributed by atoms with Crippen molar-refractivity contribution in [3.05, 3.63) is 58.0 Å². The molecular formula is C24H26N4O2S. The van der Waals surface area contributed by atoms with E-state index in [4.69, 9.17) is 0 Å². The molecule has 2 aliphatic heterocycles. The molecule has 7 heteroatoms. The fraction of sp³-hybridized carbons (Fsp3) is 0.375. The van der Waals surface area contributed by atoms with E-state index in [1.807, 2.05) is 35.4 Å². The minimum Gasteiger partial charge on any atom is -0.338 e. The van der Waals surface area contributed by atoms with Crippen molar-refractivity contribution in [1.29, 1.82) is 0 Å². The summed E-state index contributed by atoms with van der Waals surface area (Å²) in [4.78, 5) is 32.7. The lowest BCUT2D eigenvalue weighted by Crippen LogP contribution is -2.35. The number of hydrogen-bond donors (Lipinski definition) is 1. The Hall–Kier alpha value is -2.93. The van der Waals surface area contributed by atoms with E-state index in [0.29, 0.717) is 6.54 Å². The number of hydrogen-bond acceptors (Lipinski definition) is 4. The summed E-state index contributed by atoms with van der Waals surface area (Å²) in [5.74, 6) is 0.910. The summed E-state index contributed by atoms with van der Waals surface area (Å²) in [5, 5.41) is 4.99. The van der Waals surface area contributed by atoms with Gasteiger partial charge in [0.25, 0.3) is 0 Å². The van der Waals surface area contributed by atoms with Crippen LogP contribution >= 0.6 is 11.3 Å². The Bertz CT molecular complexity index is 1100. The largest absolute Gasteiger partial charge is 0.338 e. The Morgan fingerprint density at radius 2 is 1.90 bits per heavy atom. The van der Waals surface area contributed by atoms with Crippen LogP contribution < -0.4 is 5.32 Å². The first kappa shape index (κ1) is 20.0. The van der Waals surface area contributed by atoms with Crippen molar-refractivity contribution < 1.29 is 9.59 Å². The molecule has 2 aromatic heterocycles. The maximum absolute atomic E-state index is 12.5. The number of thiophene rings is 1. The zero-order chi connectivity index (χ0) is 21.2. The van der Waals surface area contributed by atoms with Crippen LogP contribution in [-0.4, -0.2) is 32.8 Å². The number of aryl methyl sites for hydroxylation is 1. The van der Waals surface area contributed by atoms with Crippen LogP contribution in [-0.2, 0) is 35.5 Å². The van der Waals surface area contributed by atoms with Gasteiger partial charge in [-0.1, -0.05) is 0 Å². The molecule has 3 aromatic rings. The van der Waals surface area contributed by atoms with Gasteiger partial charge in [0.2, 0.25) is 11.8 Å². The first-order chi connectivity index (χ1) is 15.2. The van der Waals surface area contributed by atoms with Crippen molar-refractivity contribution >= 4 is 28.8 Å². The number of aromatic nitrogens is 2. The third-order valence-corrected chi connectivity index (χ3v) is 7.18. The van der Waals surface area contributed by atoms with E-state index >= 15 is 0 Å². The molecular weight excluding hydrogens is 408 g/mol. The third-order valence-electron chi connectivity index (χ3n) is 6.16. The first-order valence-electron chi connectivity index (χ1n) is 10.9. The molecule has 0 bridgehead atoms. The zero-order valence-electron chi connectivity index (χ0n) is 17.5. The number of carbonyl (C=O) groups excluding carboxylic acids is 2. The maximum atomic E-state index is 12.5. The predicted octanol–water partition coefficient (Wildman–Crippen LogP) is 4.25. The number of carbonyl (C=O) groups is 2. The zero-order valence-corrected chi connectivity index (χ0v) is 18.3. The van der Waals surface area contributed by atoms with E-state index in [1.54, 1.807) is 11.3 Å². The van der Waals surface area contributed by atoms with Gasteiger partial charge in [-0.05, 0) is 67.0 Å². The number of nitrogens with one attached hydrogen (secondary N) is 1. The quantitative estimate of drug-likeness (QED) is 0.653. The van der Waals surface area contributed by atoms with Crippen LogP contribution in [0.3, 0.4) is 0 Å². The van der Waals surface area contributed by atoms with Crippen LogP contribution in [0, 0.1) is 0 Å². The smallest absolute Gasteiger partial charge is 0.224 e. The van der Waals surface area contributed by atoms with Crippen LogP contribution in [0.4, 0.5) is 5.69 Å². The number of imidazole rings is 1. The second-order valence-electron chi connectivity index (χ2n) is 8.24. The van der Waals surface area contributed by atoms with Gasteiger partial charge in [-0.2, -0.15) is 0 Å². The minimum atomic E-state index is -0.132. The normalized spacial score (nSPS) is 15.3. The molecule has 160 valence electrons. The Kier molecular flexibility index (Phi) is 5.59. The van der Waals surface area contributed by atoms with Crippen molar-refractivity contribution in [3.63, 3.8) is 0 Å². The van der Waals surface area contributed by atoms with E-state index in [2.05, 4.69) is 26.3 Å². The van der Waals surface area contributed by atoms with Gasteiger partial charge < -0.3 is 14.8 Å². The van der Waals surface area contributed by atoms with Crippen LogP contribution in [0.2, 0.25) is 0 Å². The highest BCUT2D eigenvalue weighted by Crippen LogP contribution is 2.26. The van der Waals surface area contributed by atoms with E-state index in [1.165, 1.54) is 29.0 Å². The average molecular weight is 435 g/mol. The number of amides is 2. The lowest BCUT2D eigenvalue weighted by atomic mass is 10.1. The summed E-state index contributed by atoms with van der Waals surface area (Å²) in [7, 11) is 0. The molecule has 0 atom stereocenters. The molecule has 5 rings (SSSR count). The molecule has 1 aromatic carbocycles. The van der Waals surface area contributed by atoms with Crippen LogP contribution in [0.5, 0.6) is 0 Å². The fourth-order valence-corrected chi connectivity index (χ4v) is 5.32. The van der Waals surface area contributed by atoms with Crippen LogP contribution in [0.15, 0.2) is 41.9 Å². The maximum Gasteiger partial charge on any atom is 0.224 e. The highest BCUT2D eigenvalue weighted by atomic mass is 32.1. The number of fused-ring (bicyclic) bond motifs is 2. The van der Waals surface area contributed by atoms with Gasteiger partial charge in [-0.15, -0.1) is 11.3 Å². The monoisotopic (exact) mass is 434 g/mol. The molecule has 31 heavy (non-hydrogen) atoms. The standard InChI is InChI=1S/C24H26N4O2S/c29-22(8-9-23(30)27-13-10-21-18(16-27)11-14-31-21)26-19-6-4-17(5-7-19)24-25-15-20-3-1-2-12-28(20)24/h4-7,11,14-15H,1-3,8-10,12-13,16H2,(H,26,29). The summed E-state index contributed by atoms with van der Waals surface area (Å²) in [6.45, 7) is 2.42. The number of nitrogens with zero attached hydrogens (tertiary/aromatic N) is 3. The molecule has 0 fully saturated rings. The molecule has 2 amide bonds. The van der Waals surface area contributed by atoms with E-state index in [9.17, 15) is 9.59 Å². The Labute approximate surface area is 185 Å². The lowest BCUT2D eigenvalue weighted by Gasteiger charge is -2.27. The first-order valence-corrected chi connectivity index (χ1v) is 11.8. The summed E-state index contributed by atoms with van der Waals surface area (Å²) in [5.41, 5.74) is 4.34. The van der Waals surface area contributed by atoms with Gasteiger partial charge in [0.1, 0.15) is 5.82 Å². The SMILES string of the molecule is O=C(CCC(=O)N1CCc2sccc2C1)Nc1ccc(-c2ncc3n2CCCC3)cc1. The fourth-order valence-electron chi connectivity index (χ4n) is 4.43. The Morgan fingerprint density at radius 3 is 2.77 bits per heavy atom. The van der Waals surface area contributed by atoms with Crippen molar-refractivity contribution in [2.45, 2.75) is 51.6 Å². The summed E-state index contributed by atoms with van der Waals surface area (Å²) >= 11 is 1.76. The molecule has 0 radical (unpaired) electrons. The second-order valence-corrected chi connectivity index (χ2v) is 9.24. The van der Waals surface area contributed by atoms with Crippen molar-refractivity contribution in [2.75, 3.05) is 11.9 Å². The average Bonchev–Trinajstić information content (AvgIpc) is 3.44. The Balaban J connectivity index is 1.14. The Morgan fingerprint density at radius 1 is 1.03 bits per heavy atom. The van der Waals surface area contributed by atoms with Crippen molar-refractivity contribution in [2.24, 2.45) is 0 Å².